The van der Waals surface area contributed by atoms with Crippen LogP contribution in [0.1, 0.15) is 25.5 Å². The van der Waals surface area contributed by atoms with Crippen LogP contribution in [0, 0.1) is 0 Å². The summed E-state index contributed by atoms with van der Waals surface area (Å²) in [4.78, 5) is 14.3. The van der Waals surface area contributed by atoms with E-state index in [9.17, 15) is 0 Å². The van der Waals surface area contributed by atoms with E-state index in [1.807, 2.05) is 29.1 Å². The number of rotatable bonds is 6. The van der Waals surface area contributed by atoms with Gasteiger partial charge >= 0.3 is 0 Å². The van der Waals surface area contributed by atoms with Crippen molar-refractivity contribution in [2.75, 3.05) is 45.7 Å². The highest BCUT2D eigenvalue weighted by Crippen LogP contribution is 2.31. The summed E-state index contributed by atoms with van der Waals surface area (Å²) in [6.45, 7) is 7.98. The van der Waals surface area contributed by atoms with Crippen molar-refractivity contribution in [1.82, 2.24) is 29.5 Å². The van der Waals surface area contributed by atoms with Crippen molar-refractivity contribution in [3.05, 3.63) is 47.4 Å². The average Bonchev–Trinajstić information content (AvgIpc) is 3.31. The van der Waals surface area contributed by atoms with Crippen LogP contribution < -0.4 is 10.1 Å². The molecule has 1 saturated heterocycles. The Labute approximate surface area is 204 Å². The second-order valence-electron chi connectivity index (χ2n) is 8.33. The first kappa shape index (κ1) is 23.4. The molecule has 0 radical (unpaired) electrons. The van der Waals surface area contributed by atoms with E-state index in [0.29, 0.717) is 22.4 Å². The molecule has 3 heterocycles. The molecule has 10 heteroatoms. The van der Waals surface area contributed by atoms with Crippen molar-refractivity contribution in [2.45, 2.75) is 19.9 Å². The van der Waals surface area contributed by atoms with Gasteiger partial charge in [-0.3, -0.25) is 4.68 Å². The molecule has 174 valence electrons. The molecule has 1 aliphatic rings. The van der Waals surface area contributed by atoms with Gasteiger partial charge in [0.1, 0.15) is 10.7 Å². The van der Waals surface area contributed by atoms with Gasteiger partial charge < -0.3 is 19.9 Å². The summed E-state index contributed by atoms with van der Waals surface area (Å²) in [6, 6.07) is 6.13. The van der Waals surface area contributed by atoms with Gasteiger partial charge in [-0.2, -0.15) is 5.10 Å². The molecule has 0 atom stereocenters. The Hall–Kier alpha value is -2.75. The van der Waals surface area contributed by atoms with Crippen molar-refractivity contribution in [3.63, 3.8) is 0 Å². The number of likely N-dealkylation sites (N-methyl/N-ethyl adjacent to an activating group) is 1. The first-order valence-corrected chi connectivity index (χ1v) is 11.6. The summed E-state index contributed by atoms with van der Waals surface area (Å²) >= 11 is 12.1. The average molecular weight is 486 g/mol. The number of hydrogen-bond donors (Lipinski definition) is 1. The summed E-state index contributed by atoms with van der Waals surface area (Å²) in [5.74, 6) is 1.08. The lowest BCUT2D eigenvalue weighted by molar-refractivity contribution is 0.218. The van der Waals surface area contributed by atoms with Gasteiger partial charge in [-0.1, -0.05) is 23.8 Å². The standard InChI is InChI=1S/C23H28ClN7OS/c1-15(2)31-14-17(12-26-31)21-18(24)13-25-23(28-21)27-19-6-5-16(11-20(19)32-4)22(33)30-9-7-29(3)8-10-30/h5-6,11-15H,7-10H2,1-4H3,(H,25,27,28). The Morgan fingerprint density at radius 3 is 2.61 bits per heavy atom. The van der Waals surface area contributed by atoms with E-state index in [-0.39, 0.29) is 6.04 Å². The van der Waals surface area contributed by atoms with E-state index >= 15 is 0 Å². The normalized spacial score (nSPS) is 14.5. The topological polar surface area (TPSA) is 71.3 Å². The molecule has 1 fully saturated rings. The largest absolute Gasteiger partial charge is 0.495 e. The fourth-order valence-corrected chi connectivity index (χ4v) is 4.12. The Kier molecular flexibility index (Phi) is 7.11. The second-order valence-corrected chi connectivity index (χ2v) is 9.12. The van der Waals surface area contributed by atoms with Gasteiger partial charge in [0.25, 0.3) is 0 Å². The Bertz CT molecular complexity index is 1140. The van der Waals surface area contributed by atoms with Crippen LogP contribution in [0.2, 0.25) is 5.02 Å². The van der Waals surface area contributed by atoms with Crippen LogP contribution in [0.3, 0.4) is 0 Å². The number of ether oxygens (including phenoxy) is 1. The number of nitrogens with zero attached hydrogens (tertiary/aromatic N) is 6. The van der Waals surface area contributed by atoms with Gasteiger partial charge in [0.2, 0.25) is 5.95 Å². The minimum absolute atomic E-state index is 0.247. The fourth-order valence-electron chi connectivity index (χ4n) is 3.61. The van der Waals surface area contributed by atoms with Crippen molar-refractivity contribution in [3.8, 4) is 17.0 Å². The summed E-state index contributed by atoms with van der Waals surface area (Å²) < 4.78 is 7.50. The summed E-state index contributed by atoms with van der Waals surface area (Å²) in [5, 5.41) is 8.09. The number of halogens is 1. The smallest absolute Gasteiger partial charge is 0.227 e. The lowest BCUT2D eigenvalue weighted by Gasteiger charge is -2.34. The van der Waals surface area contributed by atoms with E-state index in [2.05, 4.69) is 51.1 Å². The maximum Gasteiger partial charge on any atom is 0.227 e. The number of aromatic nitrogens is 4. The molecule has 3 aromatic rings. The summed E-state index contributed by atoms with van der Waals surface area (Å²) in [6.07, 6.45) is 5.27. The number of thiocarbonyl (C=S) groups is 1. The highest BCUT2D eigenvalue weighted by atomic mass is 35.5. The molecule has 0 bridgehead atoms. The minimum Gasteiger partial charge on any atom is -0.495 e. The Balaban J connectivity index is 1.55. The van der Waals surface area contributed by atoms with Gasteiger partial charge in [0.15, 0.2) is 0 Å². The first-order valence-electron chi connectivity index (χ1n) is 10.9. The maximum absolute atomic E-state index is 6.38. The zero-order valence-electron chi connectivity index (χ0n) is 19.2. The number of benzene rings is 1. The number of anilines is 2. The van der Waals surface area contributed by atoms with Gasteiger partial charge in [0.05, 0.1) is 35.9 Å². The van der Waals surface area contributed by atoms with Gasteiger partial charge in [-0.05, 0) is 39.1 Å². The molecule has 0 saturated carbocycles. The predicted molar refractivity (Wildman–Crippen MR) is 136 cm³/mol. The van der Waals surface area contributed by atoms with E-state index in [0.717, 1.165) is 48.0 Å². The summed E-state index contributed by atoms with van der Waals surface area (Å²) in [5.41, 5.74) is 3.15. The molecular weight excluding hydrogens is 458 g/mol. The Morgan fingerprint density at radius 1 is 1.18 bits per heavy atom. The van der Waals surface area contributed by atoms with Crippen molar-refractivity contribution in [1.29, 1.82) is 0 Å². The SMILES string of the molecule is COc1cc(C(=S)N2CCN(C)CC2)ccc1Nc1ncc(Cl)c(-c2cnn(C(C)C)c2)n1. The van der Waals surface area contributed by atoms with Crippen LogP contribution in [-0.4, -0.2) is 74.9 Å². The van der Waals surface area contributed by atoms with Gasteiger partial charge in [-0.15, -0.1) is 0 Å². The third kappa shape index (κ3) is 5.26. The first-order chi connectivity index (χ1) is 15.9. The summed E-state index contributed by atoms with van der Waals surface area (Å²) in [7, 11) is 3.77. The van der Waals surface area contributed by atoms with Crippen molar-refractivity contribution >= 4 is 40.4 Å². The molecule has 1 aromatic carbocycles. The minimum atomic E-state index is 0.247. The highest BCUT2D eigenvalue weighted by Gasteiger charge is 2.19. The van der Waals surface area contributed by atoms with Crippen molar-refractivity contribution in [2.24, 2.45) is 0 Å². The number of nitrogens with one attached hydrogen (secondary N) is 1. The van der Waals surface area contributed by atoms with E-state index in [4.69, 9.17) is 28.6 Å². The molecule has 0 aliphatic carbocycles. The zero-order chi connectivity index (χ0) is 23.5. The number of piperazine rings is 1. The molecule has 0 spiro atoms. The molecule has 0 unspecified atom stereocenters. The number of methoxy groups -OCH3 is 1. The van der Waals surface area contributed by atoms with Crippen LogP contribution >= 0.6 is 23.8 Å². The van der Waals surface area contributed by atoms with Gasteiger partial charge in [-0.25, -0.2) is 9.97 Å². The van der Waals surface area contributed by atoms with E-state index < -0.39 is 0 Å². The quantitative estimate of drug-likeness (QED) is 0.519. The fraction of sp³-hybridized carbons (Fsp3) is 0.391. The predicted octanol–water partition coefficient (Wildman–Crippen LogP) is 4.25. The second kappa shape index (κ2) is 10.0. The molecule has 1 N–H and O–H groups in total. The maximum atomic E-state index is 6.38. The highest BCUT2D eigenvalue weighted by molar-refractivity contribution is 7.80. The van der Waals surface area contributed by atoms with Crippen LogP contribution in [0.5, 0.6) is 5.75 Å². The van der Waals surface area contributed by atoms with E-state index in [1.165, 1.54) is 0 Å². The molecule has 1 aliphatic heterocycles. The van der Waals surface area contributed by atoms with Crippen LogP contribution in [0.25, 0.3) is 11.3 Å². The zero-order valence-corrected chi connectivity index (χ0v) is 20.8. The third-order valence-electron chi connectivity index (χ3n) is 5.63. The Morgan fingerprint density at radius 2 is 1.94 bits per heavy atom. The molecule has 8 nitrogen and oxygen atoms in total. The molecule has 4 rings (SSSR count). The molecule has 2 aromatic heterocycles. The molecule has 0 amide bonds. The van der Waals surface area contributed by atoms with E-state index in [1.54, 1.807) is 19.5 Å². The van der Waals surface area contributed by atoms with Crippen LogP contribution in [0.4, 0.5) is 11.6 Å². The van der Waals surface area contributed by atoms with Crippen LogP contribution in [-0.2, 0) is 0 Å². The monoisotopic (exact) mass is 485 g/mol. The molecular formula is C23H28ClN7OS. The lowest BCUT2D eigenvalue weighted by Crippen LogP contribution is -2.46. The van der Waals surface area contributed by atoms with Crippen LogP contribution in [0.15, 0.2) is 36.8 Å². The van der Waals surface area contributed by atoms with Crippen molar-refractivity contribution < 1.29 is 4.74 Å². The molecule has 33 heavy (non-hydrogen) atoms. The number of hydrogen-bond acceptors (Lipinski definition) is 7. The lowest BCUT2D eigenvalue weighted by atomic mass is 10.1. The third-order valence-corrected chi connectivity index (χ3v) is 6.40. The van der Waals surface area contributed by atoms with Gasteiger partial charge in [0, 0.05) is 49.5 Å².